The predicted molar refractivity (Wildman–Crippen MR) is 191 cm³/mol. The normalized spacial score (nSPS) is 10.3. The van der Waals surface area contributed by atoms with Crippen molar-refractivity contribution in [2.24, 2.45) is 0 Å². The summed E-state index contributed by atoms with van der Waals surface area (Å²) in [5, 5.41) is 5.23. The molecule has 0 saturated carbocycles. The molecule has 0 aliphatic rings. The Kier molecular flexibility index (Phi) is 10.2. The third-order valence-electron chi connectivity index (χ3n) is 7.19. The molecule has 0 aliphatic heterocycles. The molecule has 0 saturated heterocycles. The van der Waals surface area contributed by atoms with Gasteiger partial charge in [0.05, 0.1) is 22.1 Å². The Morgan fingerprint density at radius 1 is 0.326 bits per heavy atom. The van der Waals surface area contributed by atoms with E-state index in [1.54, 1.807) is 0 Å². The Labute approximate surface area is 256 Å². The molecule has 0 N–H and O–H groups in total. The SMILES string of the molecule is C.C.CCC.c1ccc(-n2c3ccccc3c3ccccc32)cc1.c1ccc(-n2c3ccccc3c3ccccc32)cc1. The maximum atomic E-state index is 2.32. The largest absolute Gasteiger partial charge is 0.309 e. The fourth-order valence-corrected chi connectivity index (χ4v) is 5.56. The van der Waals surface area contributed by atoms with E-state index < -0.39 is 0 Å². The van der Waals surface area contributed by atoms with Crippen molar-refractivity contribution in [1.82, 2.24) is 9.13 Å². The Morgan fingerprint density at radius 2 is 0.535 bits per heavy atom. The van der Waals surface area contributed by atoms with Gasteiger partial charge in [-0.25, -0.2) is 0 Å². The maximum absolute atomic E-state index is 2.32. The monoisotopic (exact) mass is 562 g/mol. The summed E-state index contributed by atoms with van der Waals surface area (Å²) in [7, 11) is 0. The fourth-order valence-electron chi connectivity index (χ4n) is 5.56. The van der Waals surface area contributed by atoms with E-state index in [0.717, 1.165) is 0 Å². The van der Waals surface area contributed by atoms with Gasteiger partial charge in [-0.3, -0.25) is 0 Å². The summed E-state index contributed by atoms with van der Waals surface area (Å²) in [6.07, 6.45) is 1.25. The minimum atomic E-state index is 0. The Balaban J connectivity index is 0.000000173. The van der Waals surface area contributed by atoms with Crippen LogP contribution in [-0.4, -0.2) is 9.13 Å². The van der Waals surface area contributed by atoms with Crippen LogP contribution in [0.2, 0.25) is 0 Å². The molecule has 2 nitrogen and oxygen atoms in total. The Bertz CT molecular complexity index is 1770. The number of fused-ring (bicyclic) bond motifs is 6. The second-order valence-electron chi connectivity index (χ2n) is 10.1. The molecule has 0 radical (unpaired) electrons. The molecule has 0 aliphatic carbocycles. The van der Waals surface area contributed by atoms with Crippen molar-refractivity contribution in [3.05, 3.63) is 158 Å². The fraction of sp³-hybridized carbons (Fsp3) is 0.122. The summed E-state index contributed by atoms with van der Waals surface area (Å²) in [6.45, 7) is 4.25. The van der Waals surface area contributed by atoms with E-state index in [0.29, 0.717) is 0 Å². The summed E-state index contributed by atoms with van der Waals surface area (Å²) in [5.74, 6) is 0. The van der Waals surface area contributed by atoms with Crippen molar-refractivity contribution >= 4 is 43.6 Å². The van der Waals surface area contributed by atoms with Crippen molar-refractivity contribution in [2.45, 2.75) is 35.1 Å². The first-order chi connectivity index (χ1) is 20.3. The summed E-state index contributed by atoms with van der Waals surface area (Å²) in [6, 6.07) is 55.3. The molecule has 2 heteroatoms. The van der Waals surface area contributed by atoms with Gasteiger partial charge in [-0.1, -0.05) is 144 Å². The molecule has 0 atom stereocenters. The van der Waals surface area contributed by atoms with E-state index in [2.05, 4.69) is 181 Å². The van der Waals surface area contributed by atoms with E-state index >= 15 is 0 Å². The number of rotatable bonds is 2. The Morgan fingerprint density at radius 3 is 0.791 bits per heavy atom. The van der Waals surface area contributed by atoms with E-state index in [9.17, 15) is 0 Å². The van der Waals surface area contributed by atoms with Crippen LogP contribution in [0.3, 0.4) is 0 Å². The van der Waals surface area contributed by atoms with Gasteiger partial charge in [0.15, 0.2) is 0 Å². The minimum Gasteiger partial charge on any atom is -0.309 e. The standard InChI is InChI=1S/2C18H13N.C3H8.2CH4/c2*1-2-8-14(9-3-1)19-17-12-6-4-10-15(17)16-11-5-7-13-18(16)19;1-3-2;;/h2*1-13H;3H2,1-2H3;2*1H4. The number of hydrogen-bond acceptors (Lipinski definition) is 0. The van der Waals surface area contributed by atoms with Crippen molar-refractivity contribution in [3.63, 3.8) is 0 Å². The van der Waals surface area contributed by atoms with Crippen molar-refractivity contribution in [2.75, 3.05) is 0 Å². The van der Waals surface area contributed by atoms with Gasteiger partial charge < -0.3 is 9.13 Å². The van der Waals surface area contributed by atoms with E-state index in [1.807, 2.05) is 0 Å². The zero-order valence-electron chi connectivity index (χ0n) is 23.6. The molecule has 2 aromatic heterocycles. The highest BCUT2D eigenvalue weighted by atomic mass is 15.0. The van der Waals surface area contributed by atoms with Gasteiger partial charge in [-0.05, 0) is 48.5 Å². The Hall–Kier alpha value is -5.08. The number of para-hydroxylation sites is 6. The van der Waals surface area contributed by atoms with Crippen LogP contribution in [0.5, 0.6) is 0 Å². The molecule has 0 unspecified atom stereocenters. The molecule has 43 heavy (non-hydrogen) atoms. The summed E-state index contributed by atoms with van der Waals surface area (Å²) in [5.41, 5.74) is 7.45. The molecule has 2 heterocycles. The second-order valence-corrected chi connectivity index (χ2v) is 10.1. The van der Waals surface area contributed by atoms with Gasteiger partial charge in [-0.15, -0.1) is 0 Å². The lowest BCUT2D eigenvalue weighted by molar-refractivity contribution is 1.09. The topological polar surface area (TPSA) is 9.86 Å². The van der Waals surface area contributed by atoms with Crippen LogP contribution in [0.25, 0.3) is 55.0 Å². The van der Waals surface area contributed by atoms with Gasteiger partial charge in [0.25, 0.3) is 0 Å². The van der Waals surface area contributed by atoms with Crippen LogP contribution >= 0.6 is 0 Å². The molecule has 0 fully saturated rings. The van der Waals surface area contributed by atoms with Gasteiger partial charge in [0.1, 0.15) is 0 Å². The highest BCUT2D eigenvalue weighted by Gasteiger charge is 2.11. The van der Waals surface area contributed by atoms with E-state index in [-0.39, 0.29) is 14.9 Å². The van der Waals surface area contributed by atoms with Crippen molar-refractivity contribution in [1.29, 1.82) is 0 Å². The zero-order valence-corrected chi connectivity index (χ0v) is 23.6. The lowest BCUT2D eigenvalue weighted by atomic mass is 10.2. The molecule has 0 amide bonds. The molecule has 0 spiro atoms. The van der Waals surface area contributed by atoms with Gasteiger partial charge >= 0.3 is 0 Å². The van der Waals surface area contributed by atoms with Crippen LogP contribution in [0.15, 0.2) is 158 Å². The van der Waals surface area contributed by atoms with Gasteiger partial charge in [-0.2, -0.15) is 0 Å². The highest BCUT2D eigenvalue weighted by Crippen LogP contribution is 2.32. The van der Waals surface area contributed by atoms with Crippen LogP contribution in [-0.2, 0) is 0 Å². The number of nitrogens with zero attached hydrogens (tertiary/aromatic N) is 2. The van der Waals surface area contributed by atoms with Crippen LogP contribution in [0.1, 0.15) is 35.1 Å². The van der Waals surface area contributed by atoms with Crippen LogP contribution in [0.4, 0.5) is 0 Å². The number of hydrogen-bond donors (Lipinski definition) is 0. The third-order valence-corrected chi connectivity index (χ3v) is 7.19. The molecule has 216 valence electrons. The second kappa shape index (κ2) is 14.2. The summed E-state index contributed by atoms with van der Waals surface area (Å²) >= 11 is 0. The number of benzene rings is 6. The van der Waals surface area contributed by atoms with Crippen LogP contribution in [0, 0.1) is 0 Å². The maximum Gasteiger partial charge on any atom is 0.0541 e. The first-order valence-corrected chi connectivity index (χ1v) is 14.4. The van der Waals surface area contributed by atoms with Crippen molar-refractivity contribution < 1.29 is 0 Å². The summed E-state index contributed by atoms with van der Waals surface area (Å²) in [4.78, 5) is 0. The molecule has 8 aromatic rings. The molecule has 8 rings (SSSR count). The molecule has 0 bridgehead atoms. The minimum absolute atomic E-state index is 0. The van der Waals surface area contributed by atoms with Crippen molar-refractivity contribution in [3.8, 4) is 11.4 Å². The summed E-state index contributed by atoms with van der Waals surface area (Å²) < 4.78 is 4.65. The third kappa shape index (κ3) is 5.96. The van der Waals surface area contributed by atoms with E-state index in [1.165, 1.54) is 61.4 Å². The lowest BCUT2D eigenvalue weighted by Crippen LogP contribution is -1.92. The zero-order chi connectivity index (χ0) is 28.0. The lowest BCUT2D eigenvalue weighted by Gasteiger charge is -2.06. The average Bonchev–Trinajstić information content (AvgIpc) is 3.56. The van der Waals surface area contributed by atoms with E-state index in [4.69, 9.17) is 0 Å². The number of aromatic nitrogens is 2. The molecular weight excluding hydrogens is 520 g/mol. The quantitative estimate of drug-likeness (QED) is 0.198. The van der Waals surface area contributed by atoms with Gasteiger partial charge in [0, 0.05) is 32.9 Å². The smallest absolute Gasteiger partial charge is 0.0541 e. The molecular formula is C41H42N2. The predicted octanol–water partition coefficient (Wildman–Crippen LogP) is 12.3. The molecule has 6 aromatic carbocycles. The first kappa shape index (κ1) is 30.9. The van der Waals surface area contributed by atoms with Crippen LogP contribution < -0.4 is 0 Å². The first-order valence-electron chi connectivity index (χ1n) is 14.4. The average molecular weight is 563 g/mol. The highest BCUT2D eigenvalue weighted by molar-refractivity contribution is 6.10. The van der Waals surface area contributed by atoms with Gasteiger partial charge in [0.2, 0.25) is 0 Å².